The normalized spacial score (nSPS) is 19.5. The van der Waals surface area contributed by atoms with Gasteiger partial charge in [0.15, 0.2) is 9.84 Å². The Balaban J connectivity index is 1.66. The number of hydrogen-bond donors (Lipinski definition) is 0. The lowest BCUT2D eigenvalue weighted by Crippen LogP contribution is -2.47. The molecule has 2 atom stereocenters. The number of carbonyl (C=O) groups is 1. The largest absolute Gasteiger partial charge is 0.411 e. The Morgan fingerprint density at radius 2 is 2.18 bits per heavy atom. The van der Waals surface area contributed by atoms with Crippen LogP contribution in [-0.2, 0) is 14.6 Å². The van der Waals surface area contributed by atoms with E-state index in [9.17, 15) is 13.2 Å². The predicted octanol–water partition coefficient (Wildman–Crippen LogP) is 2.95. The molecule has 2 aromatic rings. The summed E-state index contributed by atoms with van der Waals surface area (Å²) in [6.45, 7) is 5.94. The molecule has 0 unspecified atom stereocenters. The predicted molar refractivity (Wildman–Crippen MR) is 109 cm³/mol. The van der Waals surface area contributed by atoms with Crippen LogP contribution in [0.15, 0.2) is 33.9 Å². The number of sulfone groups is 1. The van der Waals surface area contributed by atoms with Crippen LogP contribution in [0.1, 0.15) is 32.3 Å². The summed E-state index contributed by atoms with van der Waals surface area (Å²) in [5.41, 5.74) is 1.93. The first-order valence-corrected chi connectivity index (χ1v) is 12.1. The van der Waals surface area contributed by atoms with Gasteiger partial charge in [0.2, 0.25) is 11.8 Å². The quantitative estimate of drug-likeness (QED) is 0.632. The molecule has 0 radical (unpaired) electrons. The van der Waals surface area contributed by atoms with Crippen molar-refractivity contribution in [2.24, 2.45) is 0 Å². The molecular formula is C19H25N3O4S2. The zero-order valence-electron chi connectivity index (χ0n) is 16.3. The molecule has 0 aliphatic carbocycles. The fraction of sp³-hybridized carbons (Fsp3) is 0.526. The van der Waals surface area contributed by atoms with Crippen LogP contribution in [0.2, 0.25) is 0 Å². The molecule has 28 heavy (non-hydrogen) atoms. The maximum absolute atomic E-state index is 12.9. The third-order valence-electron chi connectivity index (χ3n) is 4.95. The van der Waals surface area contributed by atoms with Gasteiger partial charge in [0.1, 0.15) is 0 Å². The van der Waals surface area contributed by atoms with E-state index in [2.05, 4.69) is 10.2 Å². The second-order valence-electron chi connectivity index (χ2n) is 7.15. The molecule has 0 spiro atoms. The summed E-state index contributed by atoms with van der Waals surface area (Å²) in [5, 5.41) is 8.40. The molecule has 1 aromatic carbocycles. The van der Waals surface area contributed by atoms with Crippen LogP contribution in [-0.4, -0.2) is 58.8 Å². The van der Waals surface area contributed by atoms with E-state index in [1.165, 1.54) is 11.8 Å². The van der Waals surface area contributed by atoms with Crippen LogP contribution in [0.5, 0.6) is 0 Å². The fourth-order valence-corrected chi connectivity index (χ4v) is 5.71. The zero-order chi connectivity index (χ0) is 20.3. The molecule has 3 rings (SSSR count). The molecule has 9 heteroatoms. The van der Waals surface area contributed by atoms with Gasteiger partial charge in [-0.15, -0.1) is 10.2 Å². The Morgan fingerprint density at radius 3 is 2.82 bits per heavy atom. The highest BCUT2D eigenvalue weighted by Crippen LogP contribution is 2.26. The molecule has 1 aromatic heterocycles. The number of nitrogens with zero attached hydrogens (tertiary/aromatic N) is 3. The number of aromatic nitrogens is 2. The average molecular weight is 424 g/mol. The maximum atomic E-state index is 12.9. The number of rotatable bonds is 7. The number of thioether (sulfide) groups is 1. The van der Waals surface area contributed by atoms with Crippen molar-refractivity contribution in [3.8, 4) is 11.5 Å². The third kappa shape index (κ3) is 4.94. The third-order valence-corrected chi connectivity index (χ3v) is 7.50. The van der Waals surface area contributed by atoms with Crippen molar-refractivity contribution in [1.82, 2.24) is 15.1 Å². The standard InChI is InChI=1S/C19H25N3O4S2/c1-4-14(3)22(16-8-9-28(24,25)12-16)17(23)11-27-19-21-20-18(26-19)15-7-5-6-13(2)10-15/h5-7,10,14,16H,4,8-9,11-12H2,1-3H3/t14-,16+/m1/s1. The monoisotopic (exact) mass is 423 g/mol. The lowest BCUT2D eigenvalue weighted by atomic mass is 10.1. The van der Waals surface area contributed by atoms with Gasteiger partial charge in [-0.3, -0.25) is 4.79 Å². The molecule has 1 aliphatic heterocycles. The van der Waals surface area contributed by atoms with E-state index in [-0.39, 0.29) is 35.2 Å². The van der Waals surface area contributed by atoms with Crippen molar-refractivity contribution in [3.63, 3.8) is 0 Å². The van der Waals surface area contributed by atoms with Gasteiger partial charge in [-0.2, -0.15) is 0 Å². The van der Waals surface area contributed by atoms with Crippen LogP contribution in [0.3, 0.4) is 0 Å². The number of carbonyl (C=O) groups excluding carboxylic acids is 1. The maximum Gasteiger partial charge on any atom is 0.277 e. The molecule has 1 saturated heterocycles. The van der Waals surface area contributed by atoms with Crippen LogP contribution in [0.25, 0.3) is 11.5 Å². The number of hydrogen-bond acceptors (Lipinski definition) is 7. The van der Waals surface area contributed by atoms with Crippen molar-refractivity contribution in [3.05, 3.63) is 29.8 Å². The smallest absolute Gasteiger partial charge is 0.277 e. The van der Waals surface area contributed by atoms with Gasteiger partial charge in [-0.1, -0.05) is 36.4 Å². The van der Waals surface area contributed by atoms with Crippen molar-refractivity contribution in [2.45, 2.75) is 50.9 Å². The number of aryl methyl sites for hydroxylation is 1. The Hall–Kier alpha value is -1.87. The summed E-state index contributed by atoms with van der Waals surface area (Å²) in [5.74, 6) is 0.646. The average Bonchev–Trinajstić information content (AvgIpc) is 3.26. The van der Waals surface area contributed by atoms with Crippen LogP contribution in [0.4, 0.5) is 0 Å². The van der Waals surface area contributed by atoms with Crippen LogP contribution < -0.4 is 0 Å². The van der Waals surface area contributed by atoms with Crippen LogP contribution >= 0.6 is 11.8 Å². The number of benzene rings is 1. The van der Waals surface area contributed by atoms with E-state index < -0.39 is 9.84 Å². The summed E-state index contributed by atoms with van der Waals surface area (Å²) in [7, 11) is -3.06. The highest BCUT2D eigenvalue weighted by molar-refractivity contribution is 7.99. The van der Waals surface area contributed by atoms with Crippen molar-refractivity contribution >= 4 is 27.5 Å². The minimum Gasteiger partial charge on any atom is -0.411 e. The first kappa shape index (κ1) is 20.9. The van der Waals surface area contributed by atoms with Gasteiger partial charge in [0, 0.05) is 17.6 Å². The van der Waals surface area contributed by atoms with E-state index in [4.69, 9.17) is 4.42 Å². The highest BCUT2D eigenvalue weighted by Gasteiger charge is 2.36. The van der Waals surface area contributed by atoms with Crippen molar-refractivity contribution in [1.29, 1.82) is 0 Å². The fourth-order valence-electron chi connectivity index (χ4n) is 3.36. The van der Waals surface area contributed by atoms with Gasteiger partial charge in [-0.25, -0.2) is 8.42 Å². The molecule has 0 saturated carbocycles. The molecule has 1 amide bonds. The zero-order valence-corrected chi connectivity index (χ0v) is 17.9. The second kappa shape index (κ2) is 8.65. The highest BCUT2D eigenvalue weighted by atomic mass is 32.2. The van der Waals surface area contributed by atoms with E-state index in [1.807, 2.05) is 45.0 Å². The molecule has 2 heterocycles. The minimum atomic E-state index is -3.06. The van der Waals surface area contributed by atoms with Crippen molar-refractivity contribution < 1.29 is 17.6 Å². The molecule has 0 N–H and O–H groups in total. The molecule has 1 aliphatic rings. The van der Waals surface area contributed by atoms with Gasteiger partial charge in [0.25, 0.3) is 5.22 Å². The summed E-state index contributed by atoms with van der Waals surface area (Å²) < 4.78 is 29.4. The van der Waals surface area contributed by atoms with Gasteiger partial charge in [0.05, 0.1) is 17.3 Å². The summed E-state index contributed by atoms with van der Waals surface area (Å²) >= 11 is 1.18. The second-order valence-corrected chi connectivity index (χ2v) is 10.3. The van der Waals surface area contributed by atoms with Crippen molar-refractivity contribution in [2.75, 3.05) is 17.3 Å². The minimum absolute atomic E-state index is 0.0167. The molecule has 0 bridgehead atoms. The first-order chi connectivity index (χ1) is 13.3. The lowest BCUT2D eigenvalue weighted by molar-refractivity contribution is -0.132. The topological polar surface area (TPSA) is 93.4 Å². The first-order valence-electron chi connectivity index (χ1n) is 9.34. The molecule has 1 fully saturated rings. The SMILES string of the molecule is CC[C@@H](C)N(C(=O)CSc1nnc(-c2cccc(C)c2)o1)[C@H]1CCS(=O)(=O)C1. The molecular weight excluding hydrogens is 398 g/mol. The lowest BCUT2D eigenvalue weighted by Gasteiger charge is -2.33. The summed E-state index contributed by atoms with van der Waals surface area (Å²) in [6.07, 6.45) is 1.27. The molecule has 152 valence electrons. The Labute approximate surface area is 169 Å². The Bertz CT molecular complexity index is 942. The van der Waals surface area contributed by atoms with E-state index >= 15 is 0 Å². The summed E-state index contributed by atoms with van der Waals surface area (Å²) in [6, 6.07) is 7.49. The number of amides is 1. The van der Waals surface area contributed by atoms with Gasteiger partial charge in [-0.05, 0) is 38.8 Å². The summed E-state index contributed by atoms with van der Waals surface area (Å²) in [4.78, 5) is 14.6. The van der Waals surface area contributed by atoms with E-state index in [1.54, 1.807) is 4.90 Å². The molecule has 7 nitrogen and oxygen atoms in total. The van der Waals surface area contributed by atoms with Crippen LogP contribution in [0, 0.1) is 6.92 Å². The Kier molecular flexibility index (Phi) is 6.44. The van der Waals surface area contributed by atoms with Gasteiger partial charge < -0.3 is 9.32 Å². The van der Waals surface area contributed by atoms with E-state index in [0.29, 0.717) is 17.5 Å². The van der Waals surface area contributed by atoms with Gasteiger partial charge >= 0.3 is 0 Å². The Morgan fingerprint density at radius 1 is 1.39 bits per heavy atom. The van der Waals surface area contributed by atoms with E-state index in [0.717, 1.165) is 17.5 Å².